The van der Waals surface area contributed by atoms with Crippen LogP contribution in [0.5, 0.6) is 0 Å². The fourth-order valence-corrected chi connectivity index (χ4v) is 3.09. The van der Waals surface area contributed by atoms with E-state index in [9.17, 15) is 18.5 Å². The highest BCUT2D eigenvalue weighted by atomic mass is 32.2. The van der Waals surface area contributed by atoms with E-state index < -0.39 is 14.9 Å². The molecule has 20 heavy (non-hydrogen) atoms. The number of non-ortho nitro benzene ring substituents is 1. The number of benzene rings is 1. The molecule has 4 N–H and O–H groups in total. The molecular formula is C11H16N4O4S. The first-order valence-corrected chi connectivity index (χ1v) is 7.50. The van der Waals surface area contributed by atoms with Gasteiger partial charge in [0.05, 0.1) is 10.6 Å². The Hall–Kier alpha value is -1.71. The minimum absolute atomic E-state index is 0.00983. The average molecular weight is 300 g/mol. The van der Waals surface area contributed by atoms with E-state index in [4.69, 9.17) is 5.84 Å². The first-order valence-electron chi connectivity index (χ1n) is 6.02. The summed E-state index contributed by atoms with van der Waals surface area (Å²) in [5, 5.41) is 10.7. The number of rotatable bonds is 6. The molecule has 1 aliphatic carbocycles. The third kappa shape index (κ3) is 3.06. The molecule has 110 valence electrons. The molecule has 8 nitrogen and oxygen atoms in total. The van der Waals surface area contributed by atoms with E-state index in [1.807, 2.05) is 6.92 Å². The number of anilines is 1. The molecule has 0 aliphatic heterocycles. The van der Waals surface area contributed by atoms with Crippen molar-refractivity contribution in [1.29, 1.82) is 0 Å². The lowest BCUT2D eigenvalue weighted by atomic mass is 10.2. The number of nitrogens with one attached hydrogen (secondary N) is 2. The van der Waals surface area contributed by atoms with Gasteiger partial charge in [0.15, 0.2) is 0 Å². The van der Waals surface area contributed by atoms with Gasteiger partial charge < -0.3 is 5.43 Å². The molecule has 9 heteroatoms. The normalized spacial score (nSPS) is 16.7. The maximum Gasteiger partial charge on any atom is 0.270 e. The Labute approximate surface area is 116 Å². The van der Waals surface area contributed by atoms with Gasteiger partial charge in [-0.05, 0) is 24.3 Å². The van der Waals surface area contributed by atoms with E-state index in [1.165, 1.54) is 12.1 Å². The largest absolute Gasteiger partial charge is 0.323 e. The number of hydrazine groups is 1. The Bertz CT molecular complexity index is 640. The number of hydrogen-bond acceptors (Lipinski definition) is 6. The molecule has 0 radical (unpaired) electrons. The third-order valence-corrected chi connectivity index (χ3v) is 4.85. The van der Waals surface area contributed by atoms with Crippen molar-refractivity contribution in [3.05, 3.63) is 28.3 Å². The zero-order chi connectivity index (χ0) is 15.0. The van der Waals surface area contributed by atoms with Crippen LogP contribution in [-0.2, 0) is 10.0 Å². The second-order valence-electron chi connectivity index (χ2n) is 5.22. The summed E-state index contributed by atoms with van der Waals surface area (Å²) in [6.45, 7) is 2.28. The number of nitro benzene ring substituents is 1. The molecule has 0 heterocycles. The van der Waals surface area contributed by atoms with E-state index in [0.29, 0.717) is 6.54 Å². The van der Waals surface area contributed by atoms with Gasteiger partial charge in [-0.1, -0.05) is 6.92 Å². The Morgan fingerprint density at radius 2 is 2.10 bits per heavy atom. The molecule has 1 aliphatic rings. The summed E-state index contributed by atoms with van der Waals surface area (Å²) in [6.07, 6.45) is 1.93. The van der Waals surface area contributed by atoms with Gasteiger partial charge in [0, 0.05) is 18.7 Å². The van der Waals surface area contributed by atoms with Gasteiger partial charge in [-0.25, -0.2) is 13.1 Å². The lowest BCUT2D eigenvalue weighted by Gasteiger charge is -2.13. The van der Waals surface area contributed by atoms with E-state index in [1.54, 1.807) is 0 Å². The van der Waals surface area contributed by atoms with Crippen LogP contribution >= 0.6 is 0 Å². The third-order valence-electron chi connectivity index (χ3n) is 3.41. The minimum Gasteiger partial charge on any atom is -0.323 e. The van der Waals surface area contributed by atoms with Crippen molar-refractivity contribution in [3.63, 3.8) is 0 Å². The maximum absolute atomic E-state index is 12.2. The molecule has 1 fully saturated rings. The highest BCUT2D eigenvalue weighted by Crippen LogP contribution is 2.44. The number of nitrogens with two attached hydrogens (primary N) is 1. The van der Waals surface area contributed by atoms with Crippen LogP contribution in [0.1, 0.15) is 19.8 Å². The topological polar surface area (TPSA) is 127 Å². The smallest absolute Gasteiger partial charge is 0.270 e. The van der Waals surface area contributed by atoms with Gasteiger partial charge >= 0.3 is 0 Å². The quantitative estimate of drug-likeness (QED) is 0.408. The molecule has 0 amide bonds. The molecule has 0 spiro atoms. The van der Waals surface area contributed by atoms with E-state index in [0.717, 1.165) is 18.9 Å². The first-order chi connectivity index (χ1) is 9.27. The molecule has 1 saturated carbocycles. The van der Waals surface area contributed by atoms with Crippen molar-refractivity contribution in [2.24, 2.45) is 11.3 Å². The second-order valence-corrected chi connectivity index (χ2v) is 6.95. The van der Waals surface area contributed by atoms with Crippen molar-refractivity contribution in [1.82, 2.24) is 4.72 Å². The van der Waals surface area contributed by atoms with Crippen LogP contribution in [-0.4, -0.2) is 19.9 Å². The van der Waals surface area contributed by atoms with Gasteiger partial charge in [-0.15, -0.1) is 0 Å². The number of nitro groups is 1. The number of sulfonamides is 1. The van der Waals surface area contributed by atoms with Crippen LogP contribution < -0.4 is 16.0 Å². The monoisotopic (exact) mass is 300 g/mol. The Morgan fingerprint density at radius 3 is 2.60 bits per heavy atom. The zero-order valence-electron chi connectivity index (χ0n) is 10.9. The molecule has 2 rings (SSSR count). The summed E-state index contributed by atoms with van der Waals surface area (Å²) < 4.78 is 26.9. The van der Waals surface area contributed by atoms with Crippen LogP contribution in [0.25, 0.3) is 0 Å². The molecule has 0 aromatic heterocycles. The first kappa shape index (κ1) is 14.7. The molecule has 0 bridgehead atoms. The fourth-order valence-electron chi connectivity index (χ4n) is 1.70. The van der Waals surface area contributed by atoms with Gasteiger partial charge in [0.1, 0.15) is 4.90 Å². The van der Waals surface area contributed by atoms with Crippen LogP contribution in [0.3, 0.4) is 0 Å². The van der Waals surface area contributed by atoms with Crippen molar-refractivity contribution in [3.8, 4) is 0 Å². The summed E-state index contributed by atoms with van der Waals surface area (Å²) in [5.41, 5.74) is 2.04. The van der Waals surface area contributed by atoms with Gasteiger partial charge in [-0.3, -0.25) is 16.0 Å². The van der Waals surface area contributed by atoms with E-state index >= 15 is 0 Å². The Balaban J connectivity index is 2.32. The Morgan fingerprint density at radius 1 is 1.45 bits per heavy atom. The van der Waals surface area contributed by atoms with E-state index in [2.05, 4.69) is 10.1 Å². The predicted octanol–water partition coefficient (Wildman–Crippen LogP) is 0.959. The second kappa shape index (κ2) is 5.00. The lowest BCUT2D eigenvalue weighted by molar-refractivity contribution is -0.385. The molecule has 0 unspecified atom stereocenters. The molecule has 0 atom stereocenters. The molecular weight excluding hydrogens is 284 g/mol. The standard InChI is InChI=1S/C11H16N4O4S/c1-11(4-5-11)7-13-20(18,19)10-6-8(15(16)17)2-3-9(10)14-12/h2-3,6,13-14H,4-5,7,12H2,1H3. The van der Waals surface area contributed by atoms with Crippen LogP contribution in [0.2, 0.25) is 0 Å². The summed E-state index contributed by atoms with van der Waals surface area (Å²) in [7, 11) is -3.85. The van der Waals surface area contributed by atoms with Gasteiger partial charge in [0.2, 0.25) is 10.0 Å². The summed E-state index contributed by atoms with van der Waals surface area (Å²) in [4.78, 5) is 9.87. The molecule has 0 saturated heterocycles. The molecule has 1 aromatic rings. The van der Waals surface area contributed by atoms with Crippen LogP contribution in [0.15, 0.2) is 23.1 Å². The summed E-state index contributed by atoms with van der Waals surface area (Å²) in [5.74, 6) is 5.26. The Kier molecular flexibility index (Phi) is 3.67. The van der Waals surface area contributed by atoms with Crippen LogP contribution in [0, 0.1) is 15.5 Å². The average Bonchev–Trinajstić information content (AvgIpc) is 3.14. The predicted molar refractivity (Wildman–Crippen MR) is 73.4 cm³/mol. The fraction of sp³-hybridized carbons (Fsp3) is 0.455. The maximum atomic E-state index is 12.2. The van der Waals surface area contributed by atoms with Crippen molar-refractivity contribution < 1.29 is 13.3 Å². The van der Waals surface area contributed by atoms with Crippen molar-refractivity contribution >= 4 is 21.4 Å². The van der Waals surface area contributed by atoms with Gasteiger partial charge in [-0.2, -0.15) is 0 Å². The van der Waals surface area contributed by atoms with E-state index in [-0.39, 0.29) is 21.7 Å². The van der Waals surface area contributed by atoms with Crippen LogP contribution in [0.4, 0.5) is 11.4 Å². The summed E-state index contributed by atoms with van der Waals surface area (Å²) in [6, 6.07) is 3.45. The minimum atomic E-state index is -3.85. The number of hydrogen-bond donors (Lipinski definition) is 3. The lowest BCUT2D eigenvalue weighted by Crippen LogP contribution is -2.30. The van der Waals surface area contributed by atoms with Crippen molar-refractivity contribution in [2.45, 2.75) is 24.7 Å². The van der Waals surface area contributed by atoms with Gasteiger partial charge in [0.25, 0.3) is 5.69 Å². The van der Waals surface area contributed by atoms with Crippen molar-refractivity contribution in [2.75, 3.05) is 12.0 Å². The highest BCUT2D eigenvalue weighted by molar-refractivity contribution is 7.89. The number of nitrogens with zero attached hydrogens (tertiary/aromatic N) is 1. The highest BCUT2D eigenvalue weighted by Gasteiger charge is 2.38. The SMILES string of the molecule is CC1(CNS(=O)(=O)c2cc([N+](=O)[O-])ccc2NN)CC1. The molecule has 1 aromatic carbocycles. The number of nitrogen functional groups attached to an aromatic ring is 1. The summed E-state index contributed by atoms with van der Waals surface area (Å²) >= 11 is 0. The zero-order valence-corrected chi connectivity index (χ0v) is 11.7.